The molecular weight excluding hydrogens is 386 g/mol. The van der Waals surface area contributed by atoms with Crippen molar-refractivity contribution >= 4 is 39.7 Å². The fourth-order valence-electron chi connectivity index (χ4n) is 2.87. The van der Waals surface area contributed by atoms with Crippen LogP contribution in [0.4, 0.5) is 0 Å². The molecule has 27 heavy (non-hydrogen) atoms. The number of nitrogens with zero attached hydrogens (tertiary/aromatic N) is 2. The van der Waals surface area contributed by atoms with Gasteiger partial charge in [-0.2, -0.15) is 0 Å². The second-order valence-corrected chi connectivity index (χ2v) is 7.75. The highest BCUT2D eigenvalue weighted by atomic mass is 35.5. The van der Waals surface area contributed by atoms with Crippen molar-refractivity contribution in [3.63, 3.8) is 0 Å². The minimum absolute atomic E-state index is 0.110. The molecule has 1 N–H and O–H groups in total. The highest BCUT2D eigenvalue weighted by Gasteiger charge is 2.15. The van der Waals surface area contributed by atoms with Gasteiger partial charge >= 0.3 is 5.69 Å². The molecule has 0 fully saturated rings. The number of H-pyrrole nitrogens is 1. The molecule has 2 aromatic heterocycles. The fraction of sp³-hybridized carbons (Fsp3) is 0.211. The van der Waals surface area contributed by atoms with Crippen LogP contribution in [0.15, 0.2) is 58.6 Å². The zero-order chi connectivity index (χ0) is 19.4. The number of hydrogen-bond donors (Lipinski definition) is 1. The minimum Gasteiger partial charge on any atom is -0.334 e. The van der Waals surface area contributed by atoms with Gasteiger partial charge in [0.05, 0.1) is 21.8 Å². The van der Waals surface area contributed by atoms with E-state index in [1.54, 1.807) is 41.3 Å². The van der Waals surface area contributed by atoms with E-state index in [1.807, 2.05) is 6.07 Å². The third-order valence-electron chi connectivity index (χ3n) is 4.13. The lowest BCUT2D eigenvalue weighted by molar-refractivity contribution is -0.131. The van der Waals surface area contributed by atoms with Gasteiger partial charge in [-0.05, 0) is 24.3 Å². The first kappa shape index (κ1) is 19.1. The van der Waals surface area contributed by atoms with E-state index in [2.05, 4.69) is 11.6 Å². The Morgan fingerprint density at radius 3 is 2.74 bits per heavy atom. The van der Waals surface area contributed by atoms with E-state index < -0.39 is 11.2 Å². The summed E-state index contributed by atoms with van der Waals surface area (Å²) in [5.74, 6) is -0.110. The number of benzene rings is 1. The van der Waals surface area contributed by atoms with Gasteiger partial charge in [0, 0.05) is 24.4 Å². The average Bonchev–Trinajstić information content (AvgIpc) is 3.06. The Hall–Kier alpha value is -2.64. The fourth-order valence-corrected chi connectivity index (χ4v) is 3.97. The number of para-hydroxylation sites is 1. The maximum absolute atomic E-state index is 12.7. The van der Waals surface area contributed by atoms with Crippen molar-refractivity contribution in [2.24, 2.45) is 0 Å². The third kappa shape index (κ3) is 4.37. The highest BCUT2D eigenvalue weighted by Crippen LogP contribution is 2.23. The minimum atomic E-state index is -0.521. The number of carbonyl (C=O) groups is 1. The van der Waals surface area contributed by atoms with Crippen molar-refractivity contribution in [1.29, 1.82) is 0 Å². The van der Waals surface area contributed by atoms with Gasteiger partial charge in [-0.1, -0.05) is 29.8 Å². The van der Waals surface area contributed by atoms with Crippen molar-refractivity contribution in [2.75, 3.05) is 6.54 Å². The van der Waals surface area contributed by atoms with Crippen molar-refractivity contribution < 1.29 is 4.79 Å². The second-order valence-electron chi connectivity index (χ2n) is 5.95. The third-order valence-corrected chi connectivity index (χ3v) is 5.35. The molecule has 0 saturated heterocycles. The normalized spacial score (nSPS) is 10.9. The van der Waals surface area contributed by atoms with Crippen molar-refractivity contribution in [2.45, 2.75) is 19.5 Å². The standard InChI is InChI=1S/C19H18ClN3O3S/c1-2-10-22(12-13-7-8-16(20)27-13)17(24)9-11-23-15-6-4-3-5-14(15)18(25)21-19(23)26/h2-8H,1,9-12H2,(H,21,25,26). The number of aryl methyl sites for hydroxylation is 1. The molecule has 140 valence electrons. The highest BCUT2D eigenvalue weighted by molar-refractivity contribution is 7.16. The summed E-state index contributed by atoms with van der Waals surface area (Å²) < 4.78 is 2.09. The van der Waals surface area contributed by atoms with Crippen LogP contribution in [0.2, 0.25) is 4.34 Å². The van der Waals surface area contributed by atoms with Gasteiger partial charge in [-0.15, -0.1) is 17.9 Å². The van der Waals surface area contributed by atoms with Crippen LogP contribution in [0.25, 0.3) is 10.9 Å². The number of fused-ring (bicyclic) bond motifs is 1. The first-order valence-corrected chi connectivity index (χ1v) is 9.54. The smallest absolute Gasteiger partial charge is 0.328 e. The first-order chi connectivity index (χ1) is 13.0. The van der Waals surface area contributed by atoms with Crippen LogP contribution in [0.1, 0.15) is 11.3 Å². The monoisotopic (exact) mass is 403 g/mol. The molecule has 0 aliphatic rings. The number of carbonyl (C=O) groups excluding carboxylic acids is 1. The zero-order valence-corrected chi connectivity index (χ0v) is 16.1. The van der Waals surface area contributed by atoms with E-state index in [9.17, 15) is 14.4 Å². The Morgan fingerprint density at radius 2 is 2.04 bits per heavy atom. The molecule has 0 saturated carbocycles. The van der Waals surface area contributed by atoms with E-state index in [0.717, 1.165) is 4.88 Å². The lowest BCUT2D eigenvalue weighted by Crippen LogP contribution is -2.34. The average molecular weight is 404 g/mol. The first-order valence-electron chi connectivity index (χ1n) is 8.34. The van der Waals surface area contributed by atoms with Gasteiger partial charge in [0.1, 0.15) is 0 Å². The summed E-state index contributed by atoms with van der Waals surface area (Å²) in [4.78, 5) is 41.8. The Labute approximate surface area is 164 Å². The largest absolute Gasteiger partial charge is 0.334 e. The summed E-state index contributed by atoms with van der Waals surface area (Å²) in [5.41, 5.74) is -0.438. The predicted molar refractivity (Wildman–Crippen MR) is 108 cm³/mol. The van der Waals surface area contributed by atoms with Crippen LogP contribution in [-0.2, 0) is 17.9 Å². The summed E-state index contributed by atoms with van der Waals surface area (Å²) in [5, 5.41) is 0.417. The van der Waals surface area contributed by atoms with E-state index >= 15 is 0 Å². The van der Waals surface area contributed by atoms with Gasteiger partial charge < -0.3 is 4.90 Å². The van der Waals surface area contributed by atoms with Crippen LogP contribution in [-0.4, -0.2) is 26.9 Å². The zero-order valence-electron chi connectivity index (χ0n) is 14.5. The van der Waals surface area contributed by atoms with E-state index in [0.29, 0.717) is 28.3 Å². The Morgan fingerprint density at radius 1 is 1.26 bits per heavy atom. The number of hydrogen-bond acceptors (Lipinski definition) is 4. The van der Waals surface area contributed by atoms with Crippen LogP contribution >= 0.6 is 22.9 Å². The topological polar surface area (TPSA) is 75.2 Å². The molecule has 0 spiro atoms. The lowest BCUT2D eigenvalue weighted by Gasteiger charge is -2.21. The molecule has 0 atom stereocenters. The number of aromatic nitrogens is 2. The van der Waals surface area contributed by atoms with Crippen molar-refractivity contribution in [3.05, 3.63) is 79.1 Å². The summed E-state index contributed by atoms with van der Waals surface area (Å²) >= 11 is 7.38. The Bertz CT molecular complexity index is 1100. The maximum atomic E-state index is 12.7. The van der Waals surface area contributed by atoms with E-state index in [4.69, 9.17) is 11.6 Å². The lowest BCUT2D eigenvalue weighted by atomic mass is 10.2. The Kier molecular flexibility index (Phi) is 5.93. The van der Waals surface area contributed by atoms with Crippen molar-refractivity contribution in [1.82, 2.24) is 14.5 Å². The number of aromatic amines is 1. The molecule has 2 heterocycles. The molecule has 0 unspecified atom stereocenters. The summed E-state index contributed by atoms with van der Waals surface area (Å²) in [6.07, 6.45) is 1.79. The SMILES string of the molecule is C=CCN(Cc1ccc(Cl)s1)C(=O)CCn1c(=O)[nH]c(=O)c2ccccc21. The number of nitrogens with one attached hydrogen (secondary N) is 1. The second kappa shape index (κ2) is 8.37. The molecule has 0 aliphatic heterocycles. The molecule has 6 nitrogen and oxygen atoms in total. The van der Waals surface area contributed by atoms with Gasteiger partial charge in [0.2, 0.25) is 5.91 Å². The number of rotatable bonds is 7. The molecule has 0 radical (unpaired) electrons. The van der Waals surface area contributed by atoms with Crippen LogP contribution in [0, 0.1) is 0 Å². The molecule has 0 aliphatic carbocycles. The van der Waals surface area contributed by atoms with E-state index in [1.165, 1.54) is 15.9 Å². The quantitative estimate of drug-likeness (QED) is 0.616. The number of amides is 1. The number of halogens is 1. The molecule has 3 rings (SSSR count). The van der Waals surface area contributed by atoms with Crippen LogP contribution in [0.3, 0.4) is 0 Å². The van der Waals surface area contributed by atoms with Gasteiger partial charge in [0.25, 0.3) is 5.56 Å². The van der Waals surface area contributed by atoms with Gasteiger partial charge in [-0.3, -0.25) is 19.1 Å². The summed E-state index contributed by atoms with van der Waals surface area (Å²) in [6, 6.07) is 10.5. The Balaban J connectivity index is 1.79. The molecule has 0 bridgehead atoms. The molecule has 8 heteroatoms. The summed E-state index contributed by atoms with van der Waals surface area (Å²) in [7, 11) is 0. The van der Waals surface area contributed by atoms with E-state index in [-0.39, 0.29) is 18.9 Å². The molecule has 3 aromatic rings. The van der Waals surface area contributed by atoms with Gasteiger partial charge in [0.15, 0.2) is 0 Å². The maximum Gasteiger partial charge on any atom is 0.328 e. The van der Waals surface area contributed by atoms with Crippen LogP contribution in [0.5, 0.6) is 0 Å². The van der Waals surface area contributed by atoms with Gasteiger partial charge in [-0.25, -0.2) is 4.79 Å². The molecule has 1 aromatic carbocycles. The molecule has 1 amide bonds. The van der Waals surface area contributed by atoms with Crippen LogP contribution < -0.4 is 11.2 Å². The van der Waals surface area contributed by atoms with Crippen molar-refractivity contribution in [3.8, 4) is 0 Å². The predicted octanol–water partition coefficient (Wildman–Crippen LogP) is 3.01. The number of thiophene rings is 1. The summed E-state index contributed by atoms with van der Waals surface area (Å²) in [6.45, 7) is 4.71. The molecular formula is C19H18ClN3O3S.